The van der Waals surface area contributed by atoms with Crippen LogP contribution < -0.4 is 10.6 Å². The maximum absolute atomic E-state index is 12.3. The van der Waals surface area contributed by atoms with Crippen LogP contribution in [0.3, 0.4) is 0 Å². The summed E-state index contributed by atoms with van der Waals surface area (Å²) in [7, 11) is 0. The molecule has 0 saturated carbocycles. The molecule has 0 aliphatic carbocycles. The number of likely N-dealkylation sites (tertiary alicyclic amines) is 1. The lowest BCUT2D eigenvalue weighted by atomic mass is 10.0. The van der Waals surface area contributed by atoms with E-state index in [9.17, 15) is 24.3 Å². The Bertz CT molecular complexity index is 478. The van der Waals surface area contributed by atoms with Crippen LogP contribution in [0.4, 0.5) is 0 Å². The molecule has 3 amide bonds. The van der Waals surface area contributed by atoms with Crippen molar-refractivity contribution in [2.24, 2.45) is 5.92 Å². The fourth-order valence-electron chi connectivity index (χ4n) is 2.34. The molecule has 0 aromatic carbocycles. The van der Waals surface area contributed by atoms with Crippen molar-refractivity contribution in [2.45, 2.75) is 45.8 Å². The Labute approximate surface area is 135 Å². The van der Waals surface area contributed by atoms with Crippen molar-refractivity contribution in [3.63, 3.8) is 0 Å². The minimum atomic E-state index is -0.788. The van der Waals surface area contributed by atoms with Crippen LogP contribution in [0.1, 0.15) is 33.6 Å². The Balaban J connectivity index is 2.53. The van der Waals surface area contributed by atoms with E-state index in [0.717, 1.165) is 0 Å². The number of hydrogen-bond acceptors (Lipinski definition) is 5. The predicted octanol–water partition coefficient (Wildman–Crippen LogP) is -1.18. The van der Waals surface area contributed by atoms with Crippen molar-refractivity contribution in [1.82, 2.24) is 15.5 Å². The number of nitrogens with one attached hydrogen (secondary N) is 2. The van der Waals surface area contributed by atoms with E-state index in [-0.39, 0.29) is 24.8 Å². The molecular weight excluding hydrogens is 302 g/mol. The Hall–Kier alpha value is -1.96. The van der Waals surface area contributed by atoms with E-state index in [2.05, 4.69) is 10.6 Å². The maximum atomic E-state index is 12.3. The van der Waals surface area contributed by atoms with Crippen LogP contribution in [0, 0.1) is 5.92 Å². The molecule has 0 bridgehead atoms. The van der Waals surface area contributed by atoms with Crippen molar-refractivity contribution in [1.29, 1.82) is 0 Å². The SMILES string of the molecule is CC(=O)CNC(=O)CNC(=O)C1CCCN1C(=O)C(C)C(C)O. The summed E-state index contributed by atoms with van der Waals surface area (Å²) in [6, 6.07) is -0.621. The third-order valence-corrected chi connectivity index (χ3v) is 3.91. The van der Waals surface area contributed by atoms with E-state index < -0.39 is 29.9 Å². The van der Waals surface area contributed by atoms with E-state index in [0.29, 0.717) is 19.4 Å². The Morgan fingerprint density at radius 3 is 2.39 bits per heavy atom. The Kier molecular flexibility index (Phi) is 7.15. The second-order valence-corrected chi connectivity index (χ2v) is 5.92. The third kappa shape index (κ3) is 5.63. The number of carbonyl (C=O) groups excluding carboxylic acids is 4. The highest BCUT2D eigenvalue weighted by atomic mass is 16.3. The van der Waals surface area contributed by atoms with Crippen LogP contribution in [0.25, 0.3) is 0 Å². The first kappa shape index (κ1) is 19.1. The summed E-state index contributed by atoms with van der Waals surface area (Å²) < 4.78 is 0. The molecule has 3 atom stereocenters. The quantitative estimate of drug-likeness (QED) is 0.544. The molecule has 1 rings (SSSR count). The van der Waals surface area contributed by atoms with Gasteiger partial charge in [-0.15, -0.1) is 0 Å². The van der Waals surface area contributed by atoms with Crippen LogP contribution in [0.5, 0.6) is 0 Å². The zero-order chi connectivity index (χ0) is 17.6. The summed E-state index contributed by atoms with van der Waals surface area (Å²) >= 11 is 0. The molecule has 0 radical (unpaired) electrons. The highest BCUT2D eigenvalue weighted by Gasteiger charge is 2.36. The summed E-state index contributed by atoms with van der Waals surface area (Å²) in [4.78, 5) is 48.2. The smallest absolute Gasteiger partial charge is 0.243 e. The van der Waals surface area contributed by atoms with Gasteiger partial charge in [0.2, 0.25) is 17.7 Å². The van der Waals surface area contributed by atoms with Gasteiger partial charge in [0.15, 0.2) is 0 Å². The average molecular weight is 327 g/mol. The molecule has 1 saturated heterocycles. The van der Waals surface area contributed by atoms with Crippen molar-refractivity contribution in [3.8, 4) is 0 Å². The van der Waals surface area contributed by atoms with Crippen LogP contribution in [0.15, 0.2) is 0 Å². The molecule has 3 unspecified atom stereocenters. The number of rotatable bonds is 7. The van der Waals surface area contributed by atoms with Gasteiger partial charge in [0.05, 0.1) is 25.1 Å². The van der Waals surface area contributed by atoms with E-state index in [4.69, 9.17) is 0 Å². The lowest BCUT2D eigenvalue weighted by Gasteiger charge is -2.27. The molecule has 1 aliphatic heterocycles. The summed E-state index contributed by atoms with van der Waals surface area (Å²) in [5.41, 5.74) is 0. The molecule has 23 heavy (non-hydrogen) atoms. The van der Waals surface area contributed by atoms with Crippen LogP contribution >= 0.6 is 0 Å². The molecule has 8 nitrogen and oxygen atoms in total. The van der Waals surface area contributed by atoms with Crippen molar-refractivity contribution >= 4 is 23.5 Å². The van der Waals surface area contributed by atoms with E-state index in [1.54, 1.807) is 6.92 Å². The molecule has 0 aromatic heterocycles. The first-order valence-corrected chi connectivity index (χ1v) is 7.76. The first-order chi connectivity index (χ1) is 10.7. The minimum Gasteiger partial charge on any atom is -0.393 e. The van der Waals surface area contributed by atoms with Crippen molar-refractivity contribution in [3.05, 3.63) is 0 Å². The van der Waals surface area contributed by atoms with Gasteiger partial charge >= 0.3 is 0 Å². The van der Waals surface area contributed by atoms with Crippen LogP contribution in [0.2, 0.25) is 0 Å². The molecule has 0 spiro atoms. The third-order valence-electron chi connectivity index (χ3n) is 3.91. The van der Waals surface area contributed by atoms with Gasteiger partial charge in [-0.1, -0.05) is 6.92 Å². The molecule has 3 N–H and O–H groups in total. The number of nitrogens with zero attached hydrogens (tertiary/aromatic N) is 1. The number of hydrogen-bond donors (Lipinski definition) is 3. The van der Waals surface area contributed by atoms with E-state index in [1.165, 1.54) is 18.7 Å². The molecule has 130 valence electrons. The van der Waals surface area contributed by atoms with Gasteiger partial charge in [-0.2, -0.15) is 0 Å². The van der Waals surface area contributed by atoms with E-state index >= 15 is 0 Å². The van der Waals surface area contributed by atoms with Crippen molar-refractivity contribution in [2.75, 3.05) is 19.6 Å². The Morgan fingerprint density at radius 2 is 1.83 bits per heavy atom. The first-order valence-electron chi connectivity index (χ1n) is 7.76. The average Bonchev–Trinajstić information content (AvgIpc) is 2.98. The normalized spacial score (nSPS) is 19.8. The summed E-state index contributed by atoms with van der Waals surface area (Å²) in [6.07, 6.45) is 0.440. The largest absolute Gasteiger partial charge is 0.393 e. The molecule has 1 fully saturated rings. The number of amides is 3. The minimum absolute atomic E-state index is 0.0748. The lowest BCUT2D eigenvalue weighted by Crippen LogP contribution is -2.50. The lowest BCUT2D eigenvalue weighted by molar-refractivity contribution is -0.143. The Morgan fingerprint density at radius 1 is 1.17 bits per heavy atom. The zero-order valence-electron chi connectivity index (χ0n) is 13.8. The van der Waals surface area contributed by atoms with Gasteiger partial charge < -0.3 is 20.6 Å². The highest BCUT2D eigenvalue weighted by Crippen LogP contribution is 2.21. The molecule has 1 heterocycles. The molecule has 1 aliphatic rings. The van der Waals surface area contributed by atoms with Gasteiger partial charge in [-0.3, -0.25) is 19.2 Å². The molecular formula is C15H25N3O5. The summed E-state index contributed by atoms with van der Waals surface area (Å²) in [6.45, 7) is 4.66. The summed E-state index contributed by atoms with van der Waals surface area (Å²) in [5.74, 6) is -1.88. The molecule has 8 heteroatoms. The maximum Gasteiger partial charge on any atom is 0.243 e. The van der Waals surface area contributed by atoms with Gasteiger partial charge in [-0.05, 0) is 26.7 Å². The second-order valence-electron chi connectivity index (χ2n) is 5.92. The number of aliphatic hydroxyl groups excluding tert-OH is 1. The van der Waals surface area contributed by atoms with Gasteiger partial charge in [-0.25, -0.2) is 0 Å². The topological polar surface area (TPSA) is 116 Å². The monoisotopic (exact) mass is 327 g/mol. The van der Waals surface area contributed by atoms with Crippen molar-refractivity contribution < 1.29 is 24.3 Å². The second kappa shape index (κ2) is 8.61. The summed E-state index contributed by atoms with van der Waals surface area (Å²) in [5, 5.41) is 14.4. The standard InChI is InChI=1S/C15H25N3O5/c1-9(19)7-16-13(21)8-17-14(22)12-5-4-6-18(12)15(23)10(2)11(3)20/h10-12,20H,4-8H2,1-3H3,(H,16,21)(H,17,22). The van der Waals surface area contributed by atoms with Crippen LogP contribution in [-0.4, -0.2) is 65.3 Å². The van der Waals surface area contributed by atoms with Gasteiger partial charge in [0.1, 0.15) is 11.8 Å². The number of aliphatic hydroxyl groups is 1. The fraction of sp³-hybridized carbons (Fsp3) is 0.733. The number of ketones is 1. The zero-order valence-corrected chi connectivity index (χ0v) is 13.8. The van der Waals surface area contributed by atoms with Gasteiger partial charge in [0.25, 0.3) is 0 Å². The number of carbonyl (C=O) groups is 4. The highest BCUT2D eigenvalue weighted by molar-refractivity contribution is 5.92. The van der Waals surface area contributed by atoms with E-state index in [1.807, 2.05) is 0 Å². The number of Topliss-reactive ketones (excluding diaryl/α,β-unsaturated/α-hetero) is 1. The van der Waals surface area contributed by atoms with Crippen LogP contribution in [-0.2, 0) is 19.2 Å². The molecule has 0 aromatic rings. The predicted molar refractivity (Wildman–Crippen MR) is 82.3 cm³/mol. The fourth-order valence-corrected chi connectivity index (χ4v) is 2.34. The van der Waals surface area contributed by atoms with Gasteiger partial charge in [0, 0.05) is 6.54 Å².